The van der Waals surface area contributed by atoms with Crippen LogP contribution in [-0.2, 0) is 33.6 Å². The number of nitrogens with zero attached hydrogens (tertiary/aromatic N) is 5. The van der Waals surface area contributed by atoms with Crippen LogP contribution in [0.1, 0.15) is 77.3 Å². The number of aromatic nitrogens is 3. The molecule has 78 heavy (non-hydrogen) atoms. The Morgan fingerprint density at radius 3 is 1.65 bits per heavy atom. The van der Waals surface area contributed by atoms with Crippen LogP contribution in [0.3, 0.4) is 0 Å². The number of likely N-dealkylation sites (tertiary alicyclic amines) is 1. The lowest BCUT2D eigenvalue weighted by Gasteiger charge is -2.44. The zero-order valence-electron chi connectivity index (χ0n) is 43.9. The molecule has 14 nitrogen and oxygen atoms in total. The van der Waals surface area contributed by atoms with Gasteiger partial charge in [0.05, 0.1) is 25.0 Å². The fourth-order valence-electron chi connectivity index (χ4n) is 10.7. The van der Waals surface area contributed by atoms with Gasteiger partial charge in [0.25, 0.3) is 5.91 Å². The molecule has 0 radical (unpaired) electrons. The largest absolute Gasteiger partial charge is 0.488 e. The van der Waals surface area contributed by atoms with Gasteiger partial charge < -0.3 is 20.5 Å². The number of amides is 2. The number of hydrogen-bond donors (Lipinski definition) is 5. The second kappa shape index (κ2) is 22.5. The van der Waals surface area contributed by atoms with Crippen LogP contribution in [0, 0.1) is 0 Å². The van der Waals surface area contributed by atoms with Crippen LogP contribution >= 0.6 is 0 Å². The molecule has 2 aromatic heterocycles. The molecule has 3 heterocycles. The highest BCUT2D eigenvalue weighted by atomic mass is 16.6. The minimum absolute atomic E-state index is 0.149. The van der Waals surface area contributed by atoms with Crippen molar-refractivity contribution in [2.24, 2.45) is 11.7 Å². The Balaban J connectivity index is 1.04. The van der Waals surface area contributed by atoms with Crippen LogP contribution in [0.5, 0.6) is 5.75 Å². The van der Waals surface area contributed by atoms with Gasteiger partial charge in [0.15, 0.2) is 5.82 Å². The molecule has 1 saturated heterocycles. The van der Waals surface area contributed by atoms with E-state index in [1.165, 1.54) is 4.90 Å². The van der Waals surface area contributed by atoms with E-state index >= 15 is 0 Å². The molecule has 0 unspecified atom stereocenters. The lowest BCUT2D eigenvalue weighted by molar-refractivity contribution is -0.125. The van der Waals surface area contributed by atoms with Crippen molar-refractivity contribution in [2.45, 2.75) is 69.0 Å². The Kier molecular flexibility index (Phi) is 15.1. The third-order valence-corrected chi connectivity index (χ3v) is 14.2. The van der Waals surface area contributed by atoms with E-state index in [0.29, 0.717) is 36.0 Å². The minimum Gasteiger partial charge on any atom is -0.488 e. The third kappa shape index (κ3) is 10.8. The summed E-state index contributed by atoms with van der Waals surface area (Å²) in [4.78, 5) is 32.8. The lowest BCUT2D eigenvalue weighted by Crippen LogP contribution is -2.53. The van der Waals surface area contributed by atoms with Crippen LogP contribution in [0.25, 0.3) is 0 Å². The number of nitrogens with two attached hydrogens (primary N) is 3. The Hall–Kier alpha value is -9.24. The number of hydrogen-bond acceptors (Lipinski definition) is 11. The zero-order chi connectivity index (χ0) is 54.3. The van der Waals surface area contributed by atoms with Crippen molar-refractivity contribution in [1.82, 2.24) is 25.1 Å². The Labute approximate surface area is 455 Å². The van der Waals surface area contributed by atoms with Gasteiger partial charge in [-0.05, 0) is 89.0 Å². The number of ether oxygens (including phenoxy) is 2. The number of nitrogens with one attached hydrogen (secondary N) is 2. The maximum Gasteiger partial charge on any atom is 0.411 e. The van der Waals surface area contributed by atoms with Crippen LogP contribution in [0.4, 0.5) is 22.1 Å². The van der Waals surface area contributed by atoms with Gasteiger partial charge in [-0.15, -0.1) is 0 Å². The van der Waals surface area contributed by atoms with Gasteiger partial charge in [-0.2, -0.15) is 5.10 Å². The molecule has 0 aliphatic carbocycles. The van der Waals surface area contributed by atoms with Crippen molar-refractivity contribution in [2.75, 3.05) is 22.6 Å². The highest BCUT2D eigenvalue weighted by Crippen LogP contribution is 2.46. The van der Waals surface area contributed by atoms with Gasteiger partial charge in [-0.25, -0.2) is 21.5 Å². The molecule has 394 valence electrons. The summed E-state index contributed by atoms with van der Waals surface area (Å²) < 4.78 is 13.9. The fourth-order valence-corrected chi connectivity index (χ4v) is 10.7. The van der Waals surface area contributed by atoms with Crippen molar-refractivity contribution in [1.29, 1.82) is 0 Å². The Bertz CT molecular complexity index is 3260. The minimum atomic E-state index is -1.12. The first kappa shape index (κ1) is 52.2. The molecule has 0 spiro atoms. The standard InChI is InChI=1S/C64H64N10O4/c1-62(2,3)78-61(76)73-44-55(40-56(73)60(75)71-66)77-54-36-22-23-45(38-54)42-72-43-46(41-68-72)37-47-39-57(70-63(48-24-10-4-11-25-48,49-26-12-5-13-27-49)50-28-14-6-15-29-50)69-59(58(47)65)74(67)64(51-30-16-7-17-31-51,52-32-18-8-19-33-52)53-34-20-9-21-35-53/h4-36,38-39,41,43,55-56H,37,40,42,44,65-67H2,1-3H3,(H,69,70)(H,71,75)/t55-,56+/m1/s1. The summed E-state index contributed by atoms with van der Waals surface area (Å²) in [6.45, 7) is 5.90. The smallest absolute Gasteiger partial charge is 0.411 e. The van der Waals surface area contributed by atoms with Gasteiger partial charge in [0.1, 0.15) is 40.4 Å². The van der Waals surface area contributed by atoms with Gasteiger partial charge in [-0.3, -0.25) is 24.8 Å². The first-order valence-corrected chi connectivity index (χ1v) is 26.1. The number of carbonyl (C=O) groups excluding carboxylic acids is 2. The van der Waals surface area contributed by atoms with Crippen molar-refractivity contribution in [3.05, 3.63) is 275 Å². The number of pyridine rings is 1. The summed E-state index contributed by atoms with van der Waals surface area (Å²) in [5.41, 5.74) is 15.7. The van der Waals surface area contributed by atoms with Crippen LogP contribution in [0.2, 0.25) is 0 Å². The highest BCUT2D eigenvalue weighted by molar-refractivity contribution is 5.86. The maximum atomic E-state index is 13.2. The molecular weight excluding hydrogens is 973 g/mol. The molecule has 8 N–H and O–H groups in total. The topological polar surface area (TPSA) is 192 Å². The lowest BCUT2D eigenvalue weighted by atomic mass is 9.76. The van der Waals surface area contributed by atoms with Crippen molar-refractivity contribution in [3.63, 3.8) is 0 Å². The molecule has 2 amide bonds. The summed E-state index contributed by atoms with van der Waals surface area (Å²) in [7, 11) is 0. The molecule has 10 rings (SSSR count). The highest BCUT2D eigenvalue weighted by Gasteiger charge is 2.45. The Morgan fingerprint density at radius 2 is 1.17 bits per heavy atom. The average molecular weight is 1040 g/mol. The number of carbonyl (C=O) groups is 2. The van der Waals surface area contributed by atoms with E-state index in [1.807, 2.05) is 120 Å². The van der Waals surface area contributed by atoms with Gasteiger partial charge in [0.2, 0.25) is 0 Å². The normalized spacial score (nSPS) is 14.6. The molecular formula is C64H64N10O4. The van der Waals surface area contributed by atoms with Crippen LogP contribution < -0.4 is 37.9 Å². The van der Waals surface area contributed by atoms with E-state index in [1.54, 1.807) is 25.8 Å². The fraction of sp³-hybridized carbons (Fsp3) is 0.188. The van der Waals surface area contributed by atoms with Crippen molar-refractivity contribution in [3.8, 4) is 5.75 Å². The molecule has 0 bridgehead atoms. The first-order chi connectivity index (χ1) is 37.8. The van der Waals surface area contributed by atoms with Crippen molar-refractivity contribution < 1.29 is 19.1 Å². The molecule has 1 aliphatic heterocycles. The second-order valence-corrected chi connectivity index (χ2v) is 20.6. The van der Waals surface area contributed by atoms with E-state index in [2.05, 4.69) is 120 Å². The number of rotatable bonds is 17. The summed E-state index contributed by atoms with van der Waals surface area (Å²) >= 11 is 0. The monoisotopic (exact) mass is 1040 g/mol. The molecule has 0 saturated carbocycles. The third-order valence-electron chi connectivity index (χ3n) is 14.2. The summed E-state index contributed by atoms with van der Waals surface area (Å²) in [5, 5.41) is 10.6. The quantitative estimate of drug-likeness (QED) is 0.0252. The van der Waals surface area contributed by atoms with Gasteiger partial charge in [-0.1, -0.05) is 194 Å². The number of hydrazine groups is 2. The number of benzene rings is 7. The summed E-state index contributed by atoms with van der Waals surface area (Å²) in [6, 6.07) is 70.8. The number of nitrogen functional groups attached to an aromatic ring is 1. The predicted octanol–water partition coefficient (Wildman–Crippen LogP) is 10.3. The maximum absolute atomic E-state index is 13.2. The zero-order valence-corrected chi connectivity index (χ0v) is 43.9. The second-order valence-electron chi connectivity index (χ2n) is 20.6. The first-order valence-electron chi connectivity index (χ1n) is 26.1. The van der Waals surface area contributed by atoms with Crippen molar-refractivity contribution >= 4 is 29.3 Å². The van der Waals surface area contributed by atoms with Gasteiger partial charge in [0, 0.05) is 19.0 Å². The average Bonchev–Trinajstić information content (AvgIpc) is 4.24. The Morgan fingerprint density at radius 1 is 0.667 bits per heavy atom. The molecule has 14 heteroatoms. The molecule has 1 fully saturated rings. The SMILES string of the molecule is CC(C)(C)OC(=O)N1C[C@H](Oc2cccc(Cn3cc(Cc4cc(NC(c5ccccc5)(c5ccccc5)c5ccccc5)nc(N(N)C(c5ccccc5)(c5ccccc5)c5ccccc5)c4N)cn3)c2)C[C@H]1C(=O)NN. The molecule has 9 aromatic rings. The predicted molar refractivity (Wildman–Crippen MR) is 306 cm³/mol. The van der Waals surface area contributed by atoms with Crippen LogP contribution in [-0.4, -0.2) is 56.0 Å². The molecule has 2 atom stereocenters. The van der Waals surface area contributed by atoms with E-state index < -0.39 is 40.8 Å². The van der Waals surface area contributed by atoms with E-state index in [0.717, 1.165) is 50.1 Å². The van der Waals surface area contributed by atoms with E-state index in [4.69, 9.17) is 37.0 Å². The van der Waals surface area contributed by atoms with Gasteiger partial charge >= 0.3 is 6.09 Å². The molecule has 1 aliphatic rings. The molecule has 7 aromatic carbocycles. The van der Waals surface area contributed by atoms with E-state index in [-0.39, 0.29) is 13.0 Å². The number of anilines is 3. The summed E-state index contributed by atoms with van der Waals surface area (Å²) in [5.74, 6) is 14.3. The summed E-state index contributed by atoms with van der Waals surface area (Å²) in [6.07, 6.45) is 3.39. The van der Waals surface area contributed by atoms with E-state index in [9.17, 15) is 9.59 Å². The van der Waals surface area contributed by atoms with Crippen LogP contribution in [0.15, 0.2) is 225 Å².